The SMILES string of the molecule is CN(C)CCCNC(=O)NC(C(=O)O)c1ccccc1. The summed E-state index contributed by atoms with van der Waals surface area (Å²) >= 11 is 0. The molecule has 0 aliphatic rings. The summed E-state index contributed by atoms with van der Waals surface area (Å²) in [5.41, 5.74) is 0.545. The maximum atomic E-state index is 11.7. The highest BCUT2D eigenvalue weighted by Crippen LogP contribution is 2.12. The molecule has 0 saturated heterocycles. The van der Waals surface area contributed by atoms with Crippen molar-refractivity contribution in [3.8, 4) is 0 Å². The van der Waals surface area contributed by atoms with Gasteiger partial charge < -0.3 is 20.6 Å². The van der Waals surface area contributed by atoms with Crippen molar-refractivity contribution in [1.82, 2.24) is 15.5 Å². The van der Waals surface area contributed by atoms with Crippen LogP contribution in [0.3, 0.4) is 0 Å². The standard InChI is InChI=1S/C14H21N3O3/c1-17(2)10-6-9-15-14(20)16-12(13(18)19)11-7-4-3-5-8-11/h3-5,7-8,12H,6,9-10H2,1-2H3,(H,18,19)(H2,15,16,20). The van der Waals surface area contributed by atoms with Gasteiger partial charge in [0.2, 0.25) is 0 Å². The Morgan fingerprint density at radius 3 is 2.45 bits per heavy atom. The minimum Gasteiger partial charge on any atom is -0.479 e. The van der Waals surface area contributed by atoms with Gasteiger partial charge in [-0.15, -0.1) is 0 Å². The summed E-state index contributed by atoms with van der Waals surface area (Å²) in [6, 6.07) is 7.11. The molecule has 110 valence electrons. The number of urea groups is 1. The lowest BCUT2D eigenvalue weighted by Crippen LogP contribution is -2.41. The molecule has 0 aliphatic carbocycles. The maximum absolute atomic E-state index is 11.7. The van der Waals surface area contributed by atoms with Crippen LogP contribution in [0.4, 0.5) is 4.79 Å². The van der Waals surface area contributed by atoms with Crippen molar-refractivity contribution in [1.29, 1.82) is 0 Å². The molecule has 0 fully saturated rings. The number of carboxylic acid groups (broad SMARTS) is 1. The van der Waals surface area contributed by atoms with Gasteiger partial charge in [0, 0.05) is 6.54 Å². The van der Waals surface area contributed by atoms with Gasteiger partial charge in [-0.05, 0) is 32.6 Å². The minimum absolute atomic E-state index is 0.472. The van der Waals surface area contributed by atoms with Gasteiger partial charge in [0.05, 0.1) is 0 Å². The van der Waals surface area contributed by atoms with Crippen molar-refractivity contribution in [2.45, 2.75) is 12.5 Å². The molecule has 0 bridgehead atoms. The van der Waals surface area contributed by atoms with Gasteiger partial charge in [-0.25, -0.2) is 9.59 Å². The average Bonchev–Trinajstić information content (AvgIpc) is 2.41. The number of nitrogens with one attached hydrogen (secondary N) is 2. The van der Waals surface area contributed by atoms with Gasteiger partial charge in [-0.3, -0.25) is 0 Å². The fourth-order valence-electron chi connectivity index (χ4n) is 1.71. The van der Waals surface area contributed by atoms with E-state index in [1.54, 1.807) is 30.3 Å². The summed E-state index contributed by atoms with van der Waals surface area (Å²) < 4.78 is 0. The molecule has 1 unspecified atom stereocenters. The van der Waals surface area contributed by atoms with E-state index < -0.39 is 18.0 Å². The quantitative estimate of drug-likeness (QED) is 0.652. The van der Waals surface area contributed by atoms with Crippen molar-refractivity contribution in [2.75, 3.05) is 27.2 Å². The number of rotatable bonds is 7. The first-order chi connectivity index (χ1) is 9.50. The van der Waals surface area contributed by atoms with Crippen molar-refractivity contribution >= 4 is 12.0 Å². The van der Waals surface area contributed by atoms with E-state index in [-0.39, 0.29) is 0 Å². The lowest BCUT2D eigenvalue weighted by molar-refractivity contribution is -0.139. The Labute approximate surface area is 118 Å². The normalized spacial score (nSPS) is 11.9. The monoisotopic (exact) mass is 279 g/mol. The molecule has 20 heavy (non-hydrogen) atoms. The van der Waals surface area contributed by atoms with E-state index in [0.717, 1.165) is 13.0 Å². The molecule has 0 aromatic heterocycles. The predicted octanol–water partition coefficient (Wildman–Crippen LogP) is 1.06. The summed E-state index contributed by atoms with van der Waals surface area (Å²) in [6.07, 6.45) is 0.809. The van der Waals surface area contributed by atoms with Crippen LogP contribution in [-0.4, -0.2) is 49.2 Å². The molecule has 3 N–H and O–H groups in total. The Morgan fingerprint density at radius 2 is 1.90 bits per heavy atom. The molecule has 0 saturated carbocycles. The number of hydrogen-bond acceptors (Lipinski definition) is 3. The Balaban J connectivity index is 2.46. The van der Waals surface area contributed by atoms with E-state index in [1.165, 1.54) is 0 Å². The van der Waals surface area contributed by atoms with Gasteiger partial charge in [0.15, 0.2) is 6.04 Å². The van der Waals surface area contributed by atoms with Gasteiger partial charge >= 0.3 is 12.0 Å². The number of hydrogen-bond donors (Lipinski definition) is 3. The van der Waals surface area contributed by atoms with E-state index in [9.17, 15) is 14.7 Å². The highest BCUT2D eigenvalue weighted by Gasteiger charge is 2.21. The van der Waals surface area contributed by atoms with E-state index in [1.807, 2.05) is 19.0 Å². The van der Waals surface area contributed by atoms with Crippen LogP contribution in [0.25, 0.3) is 0 Å². The van der Waals surface area contributed by atoms with Crippen LogP contribution in [0.2, 0.25) is 0 Å². The molecule has 0 radical (unpaired) electrons. The smallest absolute Gasteiger partial charge is 0.330 e. The molecule has 6 nitrogen and oxygen atoms in total. The number of carbonyl (C=O) groups excluding carboxylic acids is 1. The van der Waals surface area contributed by atoms with E-state index >= 15 is 0 Å². The summed E-state index contributed by atoms with van der Waals surface area (Å²) in [5.74, 6) is -1.08. The summed E-state index contributed by atoms with van der Waals surface area (Å²) in [5, 5.41) is 14.3. The Hall–Kier alpha value is -2.08. The fourth-order valence-corrected chi connectivity index (χ4v) is 1.71. The Bertz CT molecular complexity index is 435. The Kier molecular flexibility index (Phi) is 6.52. The highest BCUT2D eigenvalue weighted by atomic mass is 16.4. The third-order valence-corrected chi connectivity index (χ3v) is 2.72. The second-order valence-electron chi connectivity index (χ2n) is 4.74. The summed E-state index contributed by atoms with van der Waals surface area (Å²) in [7, 11) is 3.91. The van der Waals surface area contributed by atoms with Crippen LogP contribution in [-0.2, 0) is 4.79 Å². The van der Waals surface area contributed by atoms with Gasteiger partial charge in [0.1, 0.15) is 0 Å². The summed E-state index contributed by atoms with van der Waals surface area (Å²) in [6.45, 7) is 1.37. The molecule has 1 aromatic carbocycles. The maximum Gasteiger partial charge on any atom is 0.330 e. The fraction of sp³-hybridized carbons (Fsp3) is 0.429. The lowest BCUT2D eigenvalue weighted by Gasteiger charge is -2.16. The van der Waals surface area contributed by atoms with Gasteiger partial charge in [-0.2, -0.15) is 0 Å². The third-order valence-electron chi connectivity index (χ3n) is 2.72. The predicted molar refractivity (Wildman–Crippen MR) is 76.5 cm³/mol. The molecule has 2 amide bonds. The zero-order valence-corrected chi connectivity index (χ0v) is 11.8. The first kappa shape index (κ1) is 16.0. The van der Waals surface area contributed by atoms with E-state index in [2.05, 4.69) is 10.6 Å². The first-order valence-electron chi connectivity index (χ1n) is 6.47. The van der Waals surface area contributed by atoms with Crippen LogP contribution in [0.15, 0.2) is 30.3 Å². The average molecular weight is 279 g/mol. The van der Waals surface area contributed by atoms with Crippen LogP contribution in [0, 0.1) is 0 Å². The van der Waals surface area contributed by atoms with Crippen LogP contribution in [0.5, 0.6) is 0 Å². The second-order valence-corrected chi connectivity index (χ2v) is 4.74. The number of amides is 2. The minimum atomic E-state index is -1.08. The topological polar surface area (TPSA) is 81.7 Å². The molecule has 6 heteroatoms. The summed E-state index contributed by atoms with van der Waals surface area (Å²) in [4.78, 5) is 24.9. The zero-order chi connectivity index (χ0) is 15.0. The molecule has 1 aromatic rings. The third kappa shape index (κ3) is 5.71. The number of carboxylic acids is 1. The molecule has 0 heterocycles. The van der Waals surface area contributed by atoms with E-state index in [0.29, 0.717) is 12.1 Å². The largest absolute Gasteiger partial charge is 0.479 e. The molecule has 1 atom stereocenters. The van der Waals surface area contributed by atoms with Crippen molar-refractivity contribution in [3.05, 3.63) is 35.9 Å². The zero-order valence-electron chi connectivity index (χ0n) is 11.8. The van der Waals surface area contributed by atoms with Gasteiger partial charge in [0.25, 0.3) is 0 Å². The highest BCUT2D eigenvalue weighted by molar-refractivity contribution is 5.83. The van der Waals surface area contributed by atoms with Crippen molar-refractivity contribution < 1.29 is 14.7 Å². The number of carbonyl (C=O) groups is 2. The van der Waals surface area contributed by atoms with Crippen molar-refractivity contribution in [3.63, 3.8) is 0 Å². The molecular formula is C14H21N3O3. The molecule has 0 aliphatic heterocycles. The molecule has 1 rings (SSSR count). The first-order valence-corrected chi connectivity index (χ1v) is 6.47. The number of nitrogens with zero attached hydrogens (tertiary/aromatic N) is 1. The Morgan fingerprint density at radius 1 is 1.25 bits per heavy atom. The van der Waals surface area contributed by atoms with Gasteiger partial charge in [-0.1, -0.05) is 30.3 Å². The van der Waals surface area contributed by atoms with Crippen molar-refractivity contribution in [2.24, 2.45) is 0 Å². The molecular weight excluding hydrogens is 258 g/mol. The van der Waals surface area contributed by atoms with Crippen LogP contribution in [0.1, 0.15) is 18.0 Å². The lowest BCUT2D eigenvalue weighted by atomic mass is 10.1. The van der Waals surface area contributed by atoms with E-state index in [4.69, 9.17) is 0 Å². The number of benzene rings is 1. The number of aliphatic carboxylic acids is 1. The second kappa shape index (κ2) is 8.16. The van der Waals surface area contributed by atoms with Crippen LogP contribution >= 0.6 is 0 Å². The van der Waals surface area contributed by atoms with Crippen LogP contribution < -0.4 is 10.6 Å². The molecule has 0 spiro atoms.